The van der Waals surface area contributed by atoms with Gasteiger partial charge in [-0.15, -0.1) is 0 Å². The fraction of sp³-hybridized carbons (Fsp3) is 0.118. The number of carbonyl (C=O) groups excluding carboxylic acids is 1. The molecular formula is C17H8Cl2F5N3O3. The Balaban J connectivity index is 2.22. The Morgan fingerprint density at radius 2 is 1.77 bits per heavy atom. The van der Waals surface area contributed by atoms with Crippen LogP contribution in [0.3, 0.4) is 0 Å². The van der Waals surface area contributed by atoms with Gasteiger partial charge in [-0.2, -0.15) is 26.7 Å². The maximum Gasteiger partial charge on any atom is 0.433 e. The van der Waals surface area contributed by atoms with E-state index in [0.717, 1.165) is 30.6 Å². The van der Waals surface area contributed by atoms with E-state index in [9.17, 15) is 32.0 Å². The van der Waals surface area contributed by atoms with Crippen LogP contribution in [0.4, 0.5) is 22.0 Å². The molecule has 0 radical (unpaired) electrons. The van der Waals surface area contributed by atoms with Crippen molar-refractivity contribution in [1.82, 2.24) is 9.71 Å². The average molecular weight is 468 g/mol. The molecule has 0 unspecified atom stereocenters. The first kappa shape index (κ1) is 21.8. The van der Waals surface area contributed by atoms with Gasteiger partial charge in [-0.1, -0.05) is 23.2 Å². The molecule has 6 nitrogen and oxygen atoms in total. The summed E-state index contributed by atoms with van der Waals surface area (Å²) < 4.78 is 69.0. The smallest absolute Gasteiger partial charge is 0.432 e. The molecule has 0 atom stereocenters. The van der Waals surface area contributed by atoms with Gasteiger partial charge in [0.25, 0.3) is 5.91 Å². The number of benzene rings is 1. The van der Waals surface area contributed by atoms with E-state index in [2.05, 4.69) is 14.7 Å². The zero-order valence-electron chi connectivity index (χ0n) is 14.3. The standard InChI is InChI=1S/C17H8Cl2F5N3O3/c18-9-5-27(29)6-10(19)14(9)26-15(28)8-1-3-11(30-16(20)21)13-7(8)2-4-12(25-13)17(22,23)24/h1-6,16,29H. The minimum Gasteiger partial charge on any atom is -0.432 e. The lowest BCUT2D eigenvalue weighted by Gasteiger charge is -2.12. The maximum absolute atomic E-state index is 13.0. The second-order valence-corrected chi connectivity index (χ2v) is 6.49. The molecular weight excluding hydrogens is 460 g/mol. The Hall–Kier alpha value is -2.92. The maximum atomic E-state index is 13.0. The fourth-order valence-corrected chi connectivity index (χ4v) is 3.04. The third-order valence-electron chi connectivity index (χ3n) is 3.71. The lowest BCUT2D eigenvalue weighted by molar-refractivity contribution is -0.140. The predicted octanol–water partition coefficient (Wildman–Crippen LogP) is 4.94. The van der Waals surface area contributed by atoms with Crippen molar-refractivity contribution in [2.45, 2.75) is 12.8 Å². The topological polar surface area (TPSA) is 76.7 Å². The van der Waals surface area contributed by atoms with E-state index in [1.807, 2.05) is 0 Å². The number of fused-ring (bicyclic) bond motifs is 1. The quantitative estimate of drug-likeness (QED) is 0.437. The van der Waals surface area contributed by atoms with Crippen molar-refractivity contribution in [3.63, 3.8) is 0 Å². The van der Waals surface area contributed by atoms with Crippen molar-refractivity contribution in [3.05, 3.63) is 63.3 Å². The Morgan fingerprint density at radius 3 is 2.33 bits per heavy atom. The van der Waals surface area contributed by atoms with Crippen LogP contribution in [0.15, 0.2) is 41.7 Å². The Morgan fingerprint density at radius 1 is 1.13 bits per heavy atom. The van der Waals surface area contributed by atoms with E-state index in [0.29, 0.717) is 10.8 Å². The molecule has 0 aliphatic heterocycles. The molecule has 3 rings (SSSR count). The van der Waals surface area contributed by atoms with E-state index in [1.165, 1.54) is 0 Å². The van der Waals surface area contributed by atoms with Crippen LogP contribution in [-0.2, 0) is 6.18 Å². The Labute approximate surface area is 173 Å². The van der Waals surface area contributed by atoms with Crippen LogP contribution in [0, 0.1) is 0 Å². The first-order valence-corrected chi connectivity index (χ1v) is 8.54. The third kappa shape index (κ3) is 4.46. The number of amides is 1. The van der Waals surface area contributed by atoms with Crippen LogP contribution in [0.25, 0.3) is 10.9 Å². The van der Waals surface area contributed by atoms with E-state index in [-0.39, 0.29) is 26.4 Å². The van der Waals surface area contributed by atoms with Crippen molar-refractivity contribution in [2.24, 2.45) is 4.99 Å². The van der Waals surface area contributed by atoms with Crippen LogP contribution >= 0.6 is 23.2 Å². The number of halogens is 7. The fourth-order valence-electron chi connectivity index (χ4n) is 2.50. The zero-order valence-corrected chi connectivity index (χ0v) is 15.8. The van der Waals surface area contributed by atoms with Gasteiger partial charge in [0.1, 0.15) is 16.6 Å². The highest BCUT2D eigenvalue weighted by molar-refractivity contribution is 6.34. The predicted molar refractivity (Wildman–Crippen MR) is 94.9 cm³/mol. The second kappa shape index (κ2) is 8.07. The monoisotopic (exact) mass is 467 g/mol. The van der Waals surface area contributed by atoms with Gasteiger partial charge in [0.15, 0.2) is 5.75 Å². The molecule has 13 heteroatoms. The minimum absolute atomic E-state index is 0.196. The molecule has 1 amide bonds. The molecule has 0 fully saturated rings. The Bertz CT molecular complexity index is 1190. The van der Waals surface area contributed by atoms with Gasteiger partial charge in [-0.25, -0.2) is 9.98 Å². The number of hydrogen-bond donors (Lipinski definition) is 1. The SMILES string of the molecule is O=C(N=c1c(Cl)cn(O)cc1Cl)c1ccc(OC(F)F)c2nc(C(F)(F)F)ccc12. The summed E-state index contributed by atoms with van der Waals surface area (Å²) in [5.41, 5.74) is -2.23. The number of ether oxygens (including phenoxy) is 1. The van der Waals surface area contributed by atoms with Crippen LogP contribution in [0.1, 0.15) is 16.1 Å². The largest absolute Gasteiger partial charge is 0.433 e. The molecule has 0 aliphatic carbocycles. The van der Waals surface area contributed by atoms with Gasteiger partial charge in [-0.3, -0.25) is 4.79 Å². The zero-order chi connectivity index (χ0) is 22.2. The third-order valence-corrected chi connectivity index (χ3v) is 4.27. The normalized spacial score (nSPS) is 11.7. The van der Waals surface area contributed by atoms with Gasteiger partial charge < -0.3 is 9.94 Å². The number of aromatic nitrogens is 2. The summed E-state index contributed by atoms with van der Waals surface area (Å²) in [6.45, 7) is -3.33. The van der Waals surface area contributed by atoms with E-state index in [4.69, 9.17) is 23.2 Å². The number of alkyl halides is 5. The minimum atomic E-state index is -4.86. The highest BCUT2D eigenvalue weighted by Gasteiger charge is 2.33. The first-order chi connectivity index (χ1) is 14.0. The summed E-state index contributed by atoms with van der Waals surface area (Å²) in [5, 5.41) is 8.53. The summed E-state index contributed by atoms with van der Waals surface area (Å²) in [6, 6.07) is 3.39. The van der Waals surface area contributed by atoms with E-state index < -0.39 is 35.7 Å². The van der Waals surface area contributed by atoms with Crippen LogP contribution in [-0.4, -0.2) is 27.4 Å². The molecule has 30 heavy (non-hydrogen) atoms. The second-order valence-electron chi connectivity index (χ2n) is 5.68. The van der Waals surface area contributed by atoms with Gasteiger partial charge in [0.2, 0.25) is 0 Å². The van der Waals surface area contributed by atoms with Crippen molar-refractivity contribution in [2.75, 3.05) is 0 Å². The van der Waals surface area contributed by atoms with Crippen molar-refractivity contribution in [1.29, 1.82) is 0 Å². The molecule has 3 aromatic rings. The highest BCUT2D eigenvalue weighted by Crippen LogP contribution is 2.34. The molecule has 2 aromatic heterocycles. The lowest BCUT2D eigenvalue weighted by atomic mass is 10.1. The van der Waals surface area contributed by atoms with E-state index >= 15 is 0 Å². The molecule has 0 bridgehead atoms. The van der Waals surface area contributed by atoms with Crippen LogP contribution < -0.4 is 10.1 Å². The van der Waals surface area contributed by atoms with Gasteiger partial charge in [0.05, 0.1) is 28.0 Å². The van der Waals surface area contributed by atoms with Gasteiger partial charge in [0, 0.05) is 5.39 Å². The Kier molecular flexibility index (Phi) is 5.86. The molecule has 158 valence electrons. The average Bonchev–Trinajstić information content (AvgIpc) is 2.63. The van der Waals surface area contributed by atoms with Crippen molar-refractivity contribution >= 4 is 40.0 Å². The summed E-state index contributed by atoms with van der Waals surface area (Å²) in [6.07, 6.45) is -2.87. The molecule has 0 saturated carbocycles. The summed E-state index contributed by atoms with van der Waals surface area (Å²) >= 11 is 11.8. The molecule has 0 aliphatic rings. The summed E-state index contributed by atoms with van der Waals surface area (Å²) in [7, 11) is 0. The van der Waals surface area contributed by atoms with Crippen LogP contribution in [0.2, 0.25) is 10.0 Å². The lowest BCUT2D eigenvalue weighted by Crippen LogP contribution is -2.13. The van der Waals surface area contributed by atoms with E-state index in [1.54, 1.807) is 0 Å². The number of pyridine rings is 2. The number of nitrogens with zero attached hydrogens (tertiary/aromatic N) is 3. The first-order valence-electron chi connectivity index (χ1n) is 7.78. The summed E-state index contributed by atoms with van der Waals surface area (Å²) in [4.78, 5) is 19.7. The van der Waals surface area contributed by atoms with Gasteiger partial charge >= 0.3 is 12.8 Å². The van der Waals surface area contributed by atoms with Gasteiger partial charge in [-0.05, 0) is 24.3 Å². The molecule has 2 heterocycles. The molecule has 1 aromatic carbocycles. The summed E-state index contributed by atoms with van der Waals surface area (Å²) in [5.74, 6) is -1.65. The number of hydrogen-bond acceptors (Lipinski definition) is 4. The number of carbonyl (C=O) groups is 1. The number of rotatable bonds is 3. The van der Waals surface area contributed by atoms with Crippen molar-refractivity contribution < 1.29 is 36.7 Å². The molecule has 0 spiro atoms. The highest BCUT2D eigenvalue weighted by atomic mass is 35.5. The molecule has 1 N–H and O–H groups in total. The molecule has 0 saturated heterocycles. The van der Waals surface area contributed by atoms with Crippen LogP contribution in [0.5, 0.6) is 5.75 Å². The van der Waals surface area contributed by atoms with Crippen molar-refractivity contribution in [3.8, 4) is 5.75 Å².